The molecule has 88 valence electrons. The highest BCUT2D eigenvalue weighted by atomic mass is 32.1. The van der Waals surface area contributed by atoms with Crippen LogP contribution in [-0.2, 0) is 6.54 Å². The van der Waals surface area contributed by atoms with Crippen molar-refractivity contribution in [3.8, 4) is 11.5 Å². The molecule has 0 fully saturated rings. The lowest BCUT2D eigenvalue weighted by atomic mass is 10.3. The first kappa shape index (κ1) is 11.5. The minimum atomic E-state index is 0.215. The molecule has 0 amide bonds. The number of hydrogen-bond acceptors (Lipinski definition) is 7. The molecule has 0 radical (unpaired) electrons. The molecule has 0 saturated heterocycles. The summed E-state index contributed by atoms with van der Waals surface area (Å²) in [5.74, 6) is 0.813. The van der Waals surface area contributed by atoms with Gasteiger partial charge in [-0.3, -0.25) is 0 Å². The van der Waals surface area contributed by atoms with Crippen molar-refractivity contribution in [1.29, 1.82) is 0 Å². The quantitative estimate of drug-likeness (QED) is 0.787. The summed E-state index contributed by atoms with van der Waals surface area (Å²) in [6, 6.07) is 0. The van der Waals surface area contributed by atoms with Gasteiger partial charge >= 0.3 is 0 Å². The van der Waals surface area contributed by atoms with Crippen molar-refractivity contribution in [2.45, 2.75) is 6.54 Å². The second-order valence-electron chi connectivity index (χ2n) is 3.14. The van der Waals surface area contributed by atoms with Crippen LogP contribution in [0.1, 0.15) is 10.9 Å². The minimum absolute atomic E-state index is 0.215. The van der Waals surface area contributed by atoms with Crippen LogP contribution < -0.4 is 11.5 Å². The van der Waals surface area contributed by atoms with Crippen molar-refractivity contribution in [2.75, 3.05) is 0 Å². The predicted octanol–water partition coefficient (Wildman–Crippen LogP) is 1.14. The Hall–Kier alpha value is -1.99. The Morgan fingerprint density at radius 1 is 1.53 bits per heavy atom. The van der Waals surface area contributed by atoms with E-state index in [0.29, 0.717) is 17.4 Å². The molecule has 6 nitrogen and oxygen atoms in total. The average molecular weight is 249 g/mol. The molecule has 2 rings (SSSR count). The second-order valence-corrected chi connectivity index (χ2v) is 4.00. The minimum Gasteiger partial charge on any atom is -0.405 e. The van der Waals surface area contributed by atoms with E-state index in [1.807, 2.05) is 5.38 Å². The molecule has 0 atom stereocenters. The van der Waals surface area contributed by atoms with Gasteiger partial charge in [-0.05, 0) is 12.3 Å². The highest BCUT2D eigenvalue weighted by Gasteiger charge is 2.11. The van der Waals surface area contributed by atoms with Gasteiger partial charge in [0.25, 0.3) is 0 Å². The summed E-state index contributed by atoms with van der Waals surface area (Å²) in [7, 11) is 0. The Balaban J connectivity index is 2.26. The third-order valence-corrected chi connectivity index (χ3v) is 2.87. The van der Waals surface area contributed by atoms with Gasteiger partial charge in [-0.25, -0.2) is 4.98 Å². The molecular formula is C10H11N5OS. The molecule has 7 heteroatoms. The van der Waals surface area contributed by atoms with E-state index in [2.05, 4.69) is 21.7 Å². The lowest BCUT2D eigenvalue weighted by Crippen LogP contribution is -1.95. The largest absolute Gasteiger partial charge is 0.405 e. The summed E-state index contributed by atoms with van der Waals surface area (Å²) in [6.45, 7) is 4.05. The number of allylic oxidation sites excluding steroid dienone is 2. The Labute approximate surface area is 102 Å². The van der Waals surface area contributed by atoms with Crippen molar-refractivity contribution in [2.24, 2.45) is 11.5 Å². The summed E-state index contributed by atoms with van der Waals surface area (Å²) in [6.07, 6.45) is 3.11. The molecule has 0 aliphatic rings. The third kappa shape index (κ3) is 2.40. The number of thiazole rings is 1. The van der Waals surface area contributed by atoms with E-state index in [9.17, 15) is 0 Å². The summed E-state index contributed by atoms with van der Waals surface area (Å²) in [5.41, 5.74) is 12.1. The Bertz CT molecular complexity index is 557. The zero-order chi connectivity index (χ0) is 12.3. The van der Waals surface area contributed by atoms with Gasteiger partial charge in [0.15, 0.2) is 0 Å². The Morgan fingerprint density at radius 3 is 3.00 bits per heavy atom. The number of nitrogens with zero attached hydrogens (tertiary/aromatic N) is 3. The SMILES string of the molecule is C=C(/C=C/N)c1nc(-c2noc(CN)n2)cs1. The maximum Gasteiger partial charge on any atom is 0.240 e. The number of aromatic nitrogens is 3. The van der Waals surface area contributed by atoms with Crippen LogP contribution in [0.2, 0.25) is 0 Å². The van der Waals surface area contributed by atoms with Gasteiger partial charge in [-0.15, -0.1) is 11.3 Å². The van der Waals surface area contributed by atoms with E-state index < -0.39 is 0 Å². The third-order valence-electron chi connectivity index (χ3n) is 1.95. The first-order valence-corrected chi connectivity index (χ1v) is 5.68. The molecule has 2 aromatic heterocycles. The molecule has 0 aromatic carbocycles. The lowest BCUT2D eigenvalue weighted by molar-refractivity contribution is 0.380. The molecule has 2 heterocycles. The van der Waals surface area contributed by atoms with Crippen molar-refractivity contribution < 1.29 is 4.52 Å². The fourth-order valence-electron chi connectivity index (χ4n) is 1.15. The maximum atomic E-state index is 5.38. The fourth-order valence-corrected chi connectivity index (χ4v) is 1.91. The van der Waals surface area contributed by atoms with E-state index in [1.54, 1.807) is 6.08 Å². The van der Waals surface area contributed by atoms with Crippen molar-refractivity contribution in [1.82, 2.24) is 15.1 Å². The number of rotatable bonds is 4. The smallest absolute Gasteiger partial charge is 0.240 e. The van der Waals surface area contributed by atoms with Crippen molar-refractivity contribution >= 4 is 16.9 Å². The Kier molecular flexibility index (Phi) is 3.31. The molecular weight excluding hydrogens is 238 g/mol. The van der Waals surface area contributed by atoms with Crippen LogP contribution in [0.5, 0.6) is 0 Å². The second kappa shape index (κ2) is 4.89. The van der Waals surface area contributed by atoms with E-state index >= 15 is 0 Å². The molecule has 0 saturated carbocycles. The van der Waals surface area contributed by atoms with Crippen LogP contribution in [0.15, 0.2) is 28.8 Å². The van der Waals surface area contributed by atoms with Crippen LogP contribution in [0.25, 0.3) is 17.1 Å². The van der Waals surface area contributed by atoms with Crippen molar-refractivity contribution in [3.63, 3.8) is 0 Å². The molecule has 4 N–H and O–H groups in total. The van der Waals surface area contributed by atoms with E-state index in [0.717, 1.165) is 10.6 Å². The molecule has 17 heavy (non-hydrogen) atoms. The van der Waals surface area contributed by atoms with Gasteiger partial charge < -0.3 is 16.0 Å². The maximum absolute atomic E-state index is 5.38. The van der Waals surface area contributed by atoms with Gasteiger partial charge in [0.1, 0.15) is 10.7 Å². The van der Waals surface area contributed by atoms with E-state index in [-0.39, 0.29) is 6.54 Å². The molecule has 0 aliphatic carbocycles. The fraction of sp³-hybridized carbons (Fsp3) is 0.100. The van der Waals surface area contributed by atoms with Gasteiger partial charge in [0.2, 0.25) is 11.7 Å². The summed E-state index contributed by atoms with van der Waals surface area (Å²) in [5, 5.41) is 6.38. The van der Waals surface area contributed by atoms with Gasteiger partial charge in [0, 0.05) is 11.0 Å². The van der Waals surface area contributed by atoms with E-state index in [4.69, 9.17) is 16.0 Å². The molecule has 0 aliphatic heterocycles. The van der Waals surface area contributed by atoms with Crippen LogP contribution in [0.4, 0.5) is 0 Å². The summed E-state index contributed by atoms with van der Waals surface area (Å²) >= 11 is 1.44. The van der Waals surface area contributed by atoms with Crippen molar-refractivity contribution in [3.05, 3.63) is 35.1 Å². The van der Waals surface area contributed by atoms with Gasteiger partial charge in [0.05, 0.1) is 6.54 Å². The normalized spacial score (nSPS) is 11.1. The average Bonchev–Trinajstić information content (AvgIpc) is 2.98. The first-order chi connectivity index (χ1) is 8.24. The topological polar surface area (TPSA) is 104 Å². The van der Waals surface area contributed by atoms with Gasteiger partial charge in [-0.1, -0.05) is 11.7 Å². The standard InChI is InChI=1S/C10H11N5OS/c1-6(2-3-11)10-13-7(5-17-10)9-14-8(4-12)16-15-9/h2-3,5H,1,4,11-12H2/b3-2+. The van der Waals surface area contributed by atoms with Crippen LogP contribution in [0.3, 0.4) is 0 Å². The summed E-state index contributed by atoms with van der Waals surface area (Å²) in [4.78, 5) is 8.42. The van der Waals surface area contributed by atoms with Crippen LogP contribution in [0, 0.1) is 0 Å². The first-order valence-electron chi connectivity index (χ1n) is 4.80. The predicted molar refractivity (Wildman–Crippen MR) is 65.7 cm³/mol. The number of hydrogen-bond donors (Lipinski definition) is 2. The molecule has 2 aromatic rings. The zero-order valence-corrected chi connectivity index (χ0v) is 9.78. The Morgan fingerprint density at radius 2 is 2.35 bits per heavy atom. The highest BCUT2D eigenvalue weighted by molar-refractivity contribution is 7.11. The van der Waals surface area contributed by atoms with E-state index in [1.165, 1.54) is 17.5 Å². The lowest BCUT2D eigenvalue weighted by Gasteiger charge is -1.90. The zero-order valence-electron chi connectivity index (χ0n) is 8.96. The number of nitrogens with two attached hydrogens (primary N) is 2. The highest BCUT2D eigenvalue weighted by Crippen LogP contribution is 2.24. The van der Waals surface area contributed by atoms with Gasteiger partial charge in [-0.2, -0.15) is 4.98 Å². The molecule has 0 unspecified atom stereocenters. The monoisotopic (exact) mass is 249 g/mol. The molecule has 0 bridgehead atoms. The molecule has 0 spiro atoms. The van der Waals surface area contributed by atoms with Crippen LogP contribution in [-0.4, -0.2) is 15.1 Å². The summed E-state index contributed by atoms with van der Waals surface area (Å²) < 4.78 is 4.91. The van der Waals surface area contributed by atoms with Crippen LogP contribution >= 0.6 is 11.3 Å².